The minimum atomic E-state index is -0.536. The fraction of sp³-hybridized carbons (Fsp3) is 0.786. The lowest BCUT2D eigenvalue weighted by molar-refractivity contribution is -0.193. The van der Waals surface area contributed by atoms with Crippen molar-refractivity contribution in [3.63, 3.8) is 0 Å². The van der Waals surface area contributed by atoms with Gasteiger partial charge in [-0.3, -0.25) is 9.59 Å². The molecule has 0 atom stereocenters. The zero-order valence-corrected chi connectivity index (χ0v) is 12.5. The molecule has 0 aromatic carbocycles. The second-order valence-corrected chi connectivity index (χ2v) is 6.22. The maximum atomic E-state index is 11.5. The Balaban J connectivity index is 2.14. The van der Waals surface area contributed by atoms with Gasteiger partial charge in [0.15, 0.2) is 0 Å². The highest BCUT2D eigenvalue weighted by atomic mass is 16.7. The zero-order valence-electron chi connectivity index (χ0n) is 12.5. The summed E-state index contributed by atoms with van der Waals surface area (Å²) in [6.07, 6.45) is 2.08. The first kappa shape index (κ1) is 16.5. The van der Waals surface area contributed by atoms with Crippen molar-refractivity contribution >= 4 is 17.8 Å². The maximum absolute atomic E-state index is 11.5. The van der Waals surface area contributed by atoms with Crippen molar-refractivity contribution in [1.29, 1.82) is 0 Å². The summed E-state index contributed by atoms with van der Waals surface area (Å²) in [4.78, 5) is 39.2. The molecule has 1 aliphatic rings. The molecule has 20 heavy (non-hydrogen) atoms. The van der Waals surface area contributed by atoms with Gasteiger partial charge in [-0.1, -0.05) is 20.8 Å². The van der Waals surface area contributed by atoms with Gasteiger partial charge in [0.1, 0.15) is 0 Å². The molecule has 1 rings (SSSR count). The van der Waals surface area contributed by atoms with Crippen LogP contribution in [0.2, 0.25) is 0 Å². The van der Waals surface area contributed by atoms with Crippen molar-refractivity contribution in [1.82, 2.24) is 10.4 Å². The Morgan fingerprint density at radius 3 is 2.55 bits per heavy atom. The fourth-order valence-corrected chi connectivity index (χ4v) is 1.77. The predicted octanol–water partition coefficient (Wildman–Crippen LogP) is 1.40. The van der Waals surface area contributed by atoms with E-state index >= 15 is 0 Å². The maximum Gasteiger partial charge on any atom is 0.333 e. The average Bonchev–Trinajstić information content (AvgIpc) is 2.71. The first-order valence-electron chi connectivity index (χ1n) is 7.06. The van der Waals surface area contributed by atoms with Crippen LogP contribution in [0.5, 0.6) is 0 Å². The molecule has 1 N–H and O–H groups in total. The van der Waals surface area contributed by atoms with Gasteiger partial charge in [0, 0.05) is 19.4 Å². The minimum absolute atomic E-state index is 0.00880. The summed E-state index contributed by atoms with van der Waals surface area (Å²) in [7, 11) is 0. The highest BCUT2D eigenvalue weighted by Crippen LogP contribution is 2.17. The van der Waals surface area contributed by atoms with Crippen LogP contribution < -0.4 is 5.32 Å². The van der Waals surface area contributed by atoms with E-state index in [9.17, 15) is 14.4 Å². The van der Waals surface area contributed by atoms with Crippen LogP contribution in [-0.2, 0) is 19.2 Å². The molecule has 2 amide bonds. The molecule has 1 aliphatic heterocycles. The number of nitrogens with zero attached hydrogens (tertiary/aromatic N) is 1. The number of hydrogen-bond donors (Lipinski definition) is 1. The normalized spacial score (nSPS) is 15.3. The first-order chi connectivity index (χ1) is 9.28. The molecule has 0 aromatic heterocycles. The number of carbonyl (C=O) groups is 3. The number of rotatable bonds is 6. The van der Waals surface area contributed by atoms with Crippen LogP contribution in [0.1, 0.15) is 52.9 Å². The van der Waals surface area contributed by atoms with Gasteiger partial charge in [0.05, 0.1) is 13.0 Å². The summed E-state index contributed by atoms with van der Waals surface area (Å²) in [6, 6.07) is 0. The lowest BCUT2D eigenvalue weighted by atomic mass is 9.92. The van der Waals surface area contributed by atoms with Crippen molar-refractivity contribution in [3.8, 4) is 0 Å². The lowest BCUT2D eigenvalue weighted by Gasteiger charge is -2.18. The van der Waals surface area contributed by atoms with Crippen molar-refractivity contribution < 1.29 is 19.2 Å². The third-order valence-electron chi connectivity index (χ3n) is 3.00. The number of hydrogen-bond acceptors (Lipinski definition) is 4. The molecule has 1 saturated heterocycles. The third-order valence-corrected chi connectivity index (χ3v) is 3.00. The Morgan fingerprint density at radius 1 is 1.30 bits per heavy atom. The van der Waals surface area contributed by atoms with Crippen LogP contribution in [0.4, 0.5) is 0 Å². The van der Waals surface area contributed by atoms with Crippen LogP contribution in [0, 0.1) is 5.41 Å². The molecule has 0 aliphatic carbocycles. The van der Waals surface area contributed by atoms with Crippen LogP contribution >= 0.6 is 0 Å². The first-order valence-corrected chi connectivity index (χ1v) is 7.06. The van der Waals surface area contributed by atoms with Gasteiger partial charge >= 0.3 is 5.97 Å². The Bertz CT molecular complexity index is 374. The smallest absolute Gasteiger partial charge is 0.333 e. The standard InChI is InChI=1S/C14H24N2O4/c1-14(2,3)8-9-15-11(17)6-7-13(19)20-16-10-4-5-12(16)18/h4-10H2,1-3H3,(H,15,17). The Labute approximate surface area is 119 Å². The summed E-state index contributed by atoms with van der Waals surface area (Å²) >= 11 is 0. The summed E-state index contributed by atoms with van der Waals surface area (Å²) in [5.74, 6) is -0.877. The molecule has 1 fully saturated rings. The van der Waals surface area contributed by atoms with E-state index in [-0.39, 0.29) is 30.1 Å². The van der Waals surface area contributed by atoms with E-state index in [1.165, 1.54) is 0 Å². The molecular weight excluding hydrogens is 260 g/mol. The summed E-state index contributed by atoms with van der Waals surface area (Å²) in [5.41, 5.74) is 0.169. The van der Waals surface area contributed by atoms with Gasteiger partial charge in [-0.2, -0.15) is 5.06 Å². The van der Waals surface area contributed by atoms with Crippen molar-refractivity contribution in [3.05, 3.63) is 0 Å². The number of amides is 2. The second-order valence-electron chi connectivity index (χ2n) is 6.22. The summed E-state index contributed by atoms with van der Waals surface area (Å²) in [6.45, 7) is 7.35. The van der Waals surface area contributed by atoms with Crippen LogP contribution in [0.3, 0.4) is 0 Å². The molecule has 6 nitrogen and oxygen atoms in total. The number of hydroxylamine groups is 2. The largest absolute Gasteiger partial charge is 0.356 e. The van der Waals surface area contributed by atoms with Crippen molar-refractivity contribution in [2.75, 3.05) is 13.1 Å². The Kier molecular flexibility index (Phi) is 5.98. The Hall–Kier alpha value is -1.59. The second kappa shape index (κ2) is 7.26. The van der Waals surface area contributed by atoms with Gasteiger partial charge in [-0.05, 0) is 18.3 Å². The molecule has 6 heteroatoms. The molecule has 0 spiro atoms. The molecule has 114 valence electrons. The zero-order chi connectivity index (χ0) is 15.2. The predicted molar refractivity (Wildman–Crippen MR) is 73.4 cm³/mol. The van der Waals surface area contributed by atoms with E-state index in [1.807, 2.05) is 0 Å². The van der Waals surface area contributed by atoms with Crippen LogP contribution in [0.25, 0.3) is 0 Å². The van der Waals surface area contributed by atoms with E-state index in [2.05, 4.69) is 26.1 Å². The molecule has 1 heterocycles. The number of carbonyl (C=O) groups excluding carboxylic acids is 3. The van der Waals surface area contributed by atoms with E-state index in [0.29, 0.717) is 25.9 Å². The van der Waals surface area contributed by atoms with Crippen molar-refractivity contribution in [2.45, 2.75) is 52.9 Å². The van der Waals surface area contributed by atoms with E-state index < -0.39 is 5.97 Å². The van der Waals surface area contributed by atoms with E-state index in [4.69, 9.17) is 4.84 Å². The molecule has 0 aromatic rings. The Morgan fingerprint density at radius 2 is 2.00 bits per heavy atom. The van der Waals surface area contributed by atoms with Crippen molar-refractivity contribution in [2.24, 2.45) is 5.41 Å². The van der Waals surface area contributed by atoms with E-state index in [1.54, 1.807) is 0 Å². The fourth-order valence-electron chi connectivity index (χ4n) is 1.77. The highest BCUT2D eigenvalue weighted by molar-refractivity contribution is 5.83. The average molecular weight is 284 g/mol. The van der Waals surface area contributed by atoms with Gasteiger partial charge < -0.3 is 10.2 Å². The number of nitrogens with one attached hydrogen (secondary N) is 1. The minimum Gasteiger partial charge on any atom is -0.356 e. The summed E-state index contributed by atoms with van der Waals surface area (Å²) in [5, 5.41) is 3.85. The SMILES string of the molecule is CC(C)(C)CCNC(=O)CCC(=O)ON1CCCC1=O. The van der Waals surface area contributed by atoms with Gasteiger partial charge in [0.2, 0.25) is 5.91 Å². The summed E-state index contributed by atoms with van der Waals surface area (Å²) < 4.78 is 0. The van der Waals surface area contributed by atoms with E-state index in [0.717, 1.165) is 11.5 Å². The molecular formula is C14H24N2O4. The molecule has 0 radical (unpaired) electrons. The monoisotopic (exact) mass is 284 g/mol. The van der Waals surface area contributed by atoms with Gasteiger partial charge in [-0.25, -0.2) is 4.79 Å². The topological polar surface area (TPSA) is 75.7 Å². The lowest BCUT2D eigenvalue weighted by Crippen LogP contribution is -2.30. The molecule has 0 bridgehead atoms. The quantitative estimate of drug-likeness (QED) is 0.800. The van der Waals surface area contributed by atoms with Crippen LogP contribution in [-0.4, -0.2) is 35.9 Å². The molecule has 0 saturated carbocycles. The van der Waals surface area contributed by atoms with Crippen LogP contribution in [0.15, 0.2) is 0 Å². The van der Waals surface area contributed by atoms with Gasteiger partial charge in [0.25, 0.3) is 5.91 Å². The third kappa shape index (κ3) is 6.54. The molecule has 0 unspecified atom stereocenters. The highest BCUT2D eigenvalue weighted by Gasteiger charge is 2.24. The van der Waals surface area contributed by atoms with Gasteiger partial charge in [-0.15, -0.1) is 0 Å².